The van der Waals surface area contributed by atoms with Gasteiger partial charge in [0, 0.05) is 12.1 Å². The van der Waals surface area contributed by atoms with Crippen molar-refractivity contribution in [3.8, 4) is 17.6 Å². The van der Waals surface area contributed by atoms with Gasteiger partial charge in [-0.05, 0) is 35.0 Å². The lowest BCUT2D eigenvalue weighted by molar-refractivity contribution is -0.385. The smallest absolute Gasteiger partial charge is 0.331 e. The van der Waals surface area contributed by atoms with Gasteiger partial charge in [-0.15, -0.1) is 0 Å². The number of halogens is 1. The first kappa shape index (κ1) is 20.9. The Kier molecular flexibility index (Phi) is 5.79. The van der Waals surface area contributed by atoms with Crippen molar-refractivity contribution in [2.24, 2.45) is 0 Å². The van der Waals surface area contributed by atoms with Crippen molar-refractivity contribution in [1.82, 2.24) is 4.90 Å². The van der Waals surface area contributed by atoms with Crippen LogP contribution in [0, 0.1) is 21.4 Å². The molecule has 1 heterocycles. The van der Waals surface area contributed by atoms with Crippen LogP contribution in [0.5, 0.6) is 11.5 Å². The topological polar surface area (TPSA) is 140 Å². The summed E-state index contributed by atoms with van der Waals surface area (Å²) in [4.78, 5) is 48.5. The molecule has 3 rings (SSSR count). The predicted molar refractivity (Wildman–Crippen MR) is 104 cm³/mol. The Labute approximate surface area is 177 Å². The van der Waals surface area contributed by atoms with Gasteiger partial charge < -0.3 is 9.47 Å². The molecule has 0 atom stereocenters. The van der Waals surface area contributed by atoms with Gasteiger partial charge in [-0.1, -0.05) is 6.07 Å². The van der Waals surface area contributed by atoms with Crippen LogP contribution in [0.2, 0.25) is 0 Å². The maximum Gasteiger partial charge on any atom is 0.331 e. The van der Waals surface area contributed by atoms with Crippen molar-refractivity contribution in [3.63, 3.8) is 0 Å². The number of fused-ring (bicyclic) bond motifs is 1. The van der Waals surface area contributed by atoms with Crippen LogP contribution >= 0.6 is 15.9 Å². The van der Waals surface area contributed by atoms with Gasteiger partial charge in [-0.3, -0.25) is 24.6 Å². The average Bonchev–Trinajstić information content (AvgIpc) is 2.95. The number of nitro groups is 1. The molecule has 0 saturated carbocycles. The number of imide groups is 1. The summed E-state index contributed by atoms with van der Waals surface area (Å²) in [5, 5.41) is 20.2. The third-order valence-electron chi connectivity index (χ3n) is 4.12. The Bertz CT molecular complexity index is 1140. The Morgan fingerprint density at radius 2 is 2.03 bits per heavy atom. The maximum atomic E-state index is 12.6. The summed E-state index contributed by atoms with van der Waals surface area (Å²) < 4.78 is 10.9. The van der Waals surface area contributed by atoms with E-state index in [2.05, 4.69) is 15.9 Å². The summed E-state index contributed by atoms with van der Waals surface area (Å²) in [5.41, 5.74) is -0.778. The third kappa shape index (κ3) is 3.72. The van der Waals surface area contributed by atoms with Crippen LogP contribution in [-0.2, 0) is 4.79 Å². The molecule has 0 aliphatic carbocycles. The number of ether oxygens (including phenoxy) is 2. The van der Waals surface area contributed by atoms with Crippen molar-refractivity contribution >= 4 is 39.4 Å². The van der Waals surface area contributed by atoms with Crippen LogP contribution in [0.25, 0.3) is 0 Å². The summed E-state index contributed by atoms with van der Waals surface area (Å²) in [6.07, 6.45) is 0. The molecule has 0 saturated heterocycles. The zero-order valence-electron chi connectivity index (χ0n) is 15.4. The number of rotatable bonds is 6. The Morgan fingerprint density at radius 1 is 1.30 bits per heavy atom. The molecule has 0 aromatic heterocycles. The zero-order chi connectivity index (χ0) is 22.0. The molecule has 2 aromatic carbocycles. The monoisotopic (exact) mass is 473 g/mol. The molecule has 11 heteroatoms. The van der Waals surface area contributed by atoms with Gasteiger partial charge >= 0.3 is 5.97 Å². The van der Waals surface area contributed by atoms with E-state index in [4.69, 9.17) is 14.7 Å². The summed E-state index contributed by atoms with van der Waals surface area (Å²) in [6.45, 7) is 1.17. The van der Waals surface area contributed by atoms with Crippen LogP contribution in [0.15, 0.2) is 34.8 Å². The number of esters is 1. The molecule has 2 aromatic rings. The maximum absolute atomic E-state index is 12.6. The second-order valence-electron chi connectivity index (χ2n) is 5.96. The molecule has 1 aliphatic rings. The Balaban J connectivity index is 1.85. The minimum atomic E-state index is -0.974. The molecule has 0 N–H and O–H groups in total. The fourth-order valence-corrected chi connectivity index (χ4v) is 3.40. The van der Waals surface area contributed by atoms with Gasteiger partial charge in [0.2, 0.25) is 0 Å². The number of nitriles is 1. The van der Waals surface area contributed by atoms with Crippen molar-refractivity contribution < 1.29 is 28.8 Å². The highest BCUT2D eigenvalue weighted by Gasteiger charge is 2.42. The number of nitro benzene ring substituents is 1. The molecule has 0 fully saturated rings. The van der Waals surface area contributed by atoms with Gasteiger partial charge in [0.15, 0.2) is 11.5 Å². The fraction of sp³-hybridized carbons (Fsp3) is 0.158. The van der Waals surface area contributed by atoms with E-state index in [1.165, 1.54) is 24.3 Å². The number of carbonyl (C=O) groups excluding carboxylic acids is 3. The van der Waals surface area contributed by atoms with E-state index >= 15 is 0 Å². The van der Waals surface area contributed by atoms with Crippen LogP contribution in [0.4, 0.5) is 5.69 Å². The molecule has 0 unspecified atom stereocenters. The molecule has 10 nitrogen and oxygen atoms in total. The van der Waals surface area contributed by atoms with E-state index < -0.39 is 34.9 Å². The van der Waals surface area contributed by atoms with E-state index in [1.807, 2.05) is 6.07 Å². The van der Waals surface area contributed by atoms with E-state index in [1.54, 1.807) is 6.92 Å². The van der Waals surface area contributed by atoms with Crippen LogP contribution < -0.4 is 9.47 Å². The first-order valence-corrected chi connectivity index (χ1v) is 9.28. The number of benzene rings is 2. The van der Waals surface area contributed by atoms with Crippen molar-refractivity contribution in [3.05, 3.63) is 61.6 Å². The quantitative estimate of drug-likeness (QED) is 0.205. The summed E-state index contributed by atoms with van der Waals surface area (Å²) in [6, 6.07) is 8.39. The minimum absolute atomic E-state index is 0.0246. The lowest BCUT2D eigenvalue weighted by Crippen LogP contribution is -2.36. The van der Waals surface area contributed by atoms with E-state index in [0.717, 1.165) is 6.07 Å². The highest BCUT2D eigenvalue weighted by atomic mass is 79.9. The number of carbonyl (C=O) groups is 3. The first-order chi connectivity index (χ1) is 14.3. The summed E-state index contributed by atoms with van der Waals surface area (Å²) in [5.74, 6) is -2.67. The highest BCUT2D eigenvalue weighted by molar-refractivity contribution is 9.10. The van der Waals surface area contributed by atoms with E-state index in [-0.39, 0.29) is 39.3 Å². The minimum Gasteiger partial charge on any atom is -0.490 e. The van der Waals surface area contributed by atoms with Gasteiger partial charge in [0.1, 0.15) is 12.1 Å². The largest absolute Gasteiger partial charge is 0.490 e. The molecule has 30 heavy (non-hydrogen) atoms. The highest BCUT2D eigenvalue weighted by Crippen LogP contribution is 2.37. The lowest BCUT2D eigenvalue weighted by Gasteiger charge is -2.15. The summed E-state index contributed by atoms with van der Waals surface area (Å²) >= 11 is 3.19. The van der Waals surface area contributed by atoms with Gasteiger partial charge in [0.25, 0.3) is 17.5 Å². The predicted octanol–water partition coefficient (Wildman–Crippen LogP) is 2.83. The van der Waals surface area contributed by atoms with Crippen molar-refractivity contribution in [2.75, 3.05) is 13.2 Å². The number of nitrogens with zero attached hydrogens (tertiary/aromatic N) is 3. The van der Waals surface area contributed by atoms with Crippen LogP contribution in [0.1, 0.15) is 33.2 Å². The zero-order valence-corrected chi connectivity index (χ0v) is 17.0. The number of amides is 2. The number of hydrogen-bond donors (Lipinski definition) is 0. The van der Waals surface area contributed by atoms with Gasteiger partial charge in [-0.2, -0.15) is 5.26 Å². The van der Waals surface area contributed by atoms with E-state index in [9.17, 15) is 24.5 Å². The van der Waals surface area contributed by atoms with Crippen LogP contribution in [-0.4, -0.2) is 40.8 Å². The second-order valence-corrected chi connectivity index (χ2v) is 6.81. The standard InChI is InChI=1S/C19H12BrN3O7/c1-2-29-14-7-10(8-21)6-12(20)17(14)30-15(24)9-22-18(25)11-4-3-5-13(23(27)28)16(11)19(22)26/h3-7H,2,9H2,1H3. The number of hydrogen-bond acceptors (Lipinski definition) is 8. The Morgan fingerprint density at radius 3 is 2.67 bits per heavy atom. The summed E-state index contributed by atoms with van der Waals surface area (Å²) in [7, 11) is 0. The molecular weight excluding hydrogens is 462 g/mol. The van der Waals surface area contributed by atoms with Crippen molar-refractivity contribution in [2.45, 2.75) is 6.92 Å². The molecule has 0 spiro atoms. The van der Waals surface area contributed by atoms with Crippen molar-refractivity contribution in [1.29, 1.82) is 5.26 Å². The lowest BCUT2D eigenvalue weighted by atomic mass is 10.1. The molecular formula is C19H12BrN3O7. The molecule has 152 valence electrons. The molecule has 2 amide bonds. The van der Waals surface area contributed by atoms with E-state index in [0.29, 0.717) is 4.90 Å². The fourth-order valence-electron chi connectivity index (χ4n) is 2.88. The molecule has 1 aliphatic heterocycles. The Hall–Kier alpha value is -3.78. The molecule has 0 bridgehead atoms. The third-order valence-corrected chi connectivity index (χ3v) is 4.70. The average molecular weight is 474 g/mol. The van der Waals surface area contributed by atoms with Crippen LogP contribution in [0.3, 0.4) is 0 Å². The first-order valence-electron chi connectivity index (χ1n) is 8.49. The van der Waals surface area contributed by atoms with Gasteiger partial charge in [0.05, 0.1) is 33.2 Å². The SMILES string of the molecule is CCOc1cc(C#N)cc(Br)c1OC(=O)CN1C(=O)c2cccc([N+](=O)[O-])c2C1=O. The van der Waals surface area contributed by atoms with Gasteiger partial charge in [-0.25, -0.2) is 4.79 Å². The normalized spacial score (nSPS) is 12.4. The molecule has 0 radical (unpaired) electrons. The second kappa shape index (κ2) is 8.30.